The highest BCUT2D eigenvalue weighted by Crippen LogP contribution is 2.42. The second-order valence-electron chi connectivity index (χ2n) is 6.91. The summed E-state index contributed by atoms with van der Waals surface area (Å²) in [6, 6.07) is 0.809. The number of nitrogens with zero attached hydrogens (tertiary/aromatic N) is 1. The van der Waals surface area contributed by atoms with Gasteiger partial charge in [-0.2, -0.15) is 0 Å². The van der Waals surface area contributed by atoms with Crippen molar-refractivity contribution in [2.24, 2.45) is 17.6 Å². The number of hydrogen-bond donors (Lipinski definition) is 1. The summed E-state index contributed by atoms with van der Waals surface area (Å²) in [4.78, 5) is 2.80. The Morgan fingerprint density at radius 2 is 1.89 bits per heavy atom. The molecule has 2 nitrogen and oxygen atoms in total. The molecule has 106 valence electrons. The lowest BCUT2D eigenvalue weighted by Gasteiger charge is -2.49. The van der Waals surface area contributed by atoms with Crippen molar-refractivity contribution in [1.82, 2.24) is 4.90 Å². The van der Waals surface area contributed by atoms with Gasteiger partial charge in [-0.05, 0) is 63.3 Å². The average Bonchev–Trinajstić information content (AvgIpc) is 2.87. The van der Waals surface area contributed by atoms with Gasteiger partial charge in [-0.3, -0.25) is 4.90 Å². The van der Waals surface area contributed by atoms with Gasteiger partial charge in [0.1, 0.15) is 0 Å². The summed E-state index contributed by atoms with van der Waals surface area (Å²) in [6.07, 6.45) is 9.53. The minimum Gasteiger partial charge on any atom is -0.329 e. The molecule has 0 aromatic heterocycles. The molecule has 2 N–H and O–H groups in total. The molecule has 0 amide bonds. The average molecular weight is 252 g/mol. The van der Waals surface area contributed by atoms with Crippen molar-refractivity contribution >= 4 is 0 Å². The summed E-state index contributed by atoms with van der Waals surface area (Å²) in [6.45, 7) is 9.26. The molecule has 1 saturated heterocycles. The summed E-state index contributed by atoms with van der Waals surface area (Å²) in [5, 5.41) is 0. The molecule has 0 aromatic rings. The van der Waals surface area contributed by atoms with Gasteiger partial charge in [0.05, 0.1) is 0 Å². The molecule has 2 fully saturated rings. The Kier molecular flexibility index (Phi) is 4.71. The van der Waals surface area contributed by atoms with E-state index in [-0.39, 0.29) is 0 Å². The van der Waals surface area contributed by atoms with E-state index in [4.69, 9.17) is 5.73 Å². The van der Waals surface area contributed by atoms with E-state index in [1.54, 1.807) is 0 Å². The van der Waals surface area contributed by atoms with E-state index in [1.165, 1.54) is 51.5 Å². The smallest absolute Gasteiger partial charge is 0.0334 e. The van der Waals surface area contributed by atoms with Crippen LogP contribution in [0.1, 0.15) is 65.7 Å². The van der Waals surface area contributed by atoms with Gasteiger partial charge >= 0.3 is 0 Å². The van der Waals surface area contributed by atoms with Crippen LogP contribution in [-0.4, -0.2) is 29.6 Å². The van der Waals surface area contributed by atoms with Crippen LogP contribution in [0, 0.1) is 11.8 Å². The van der Waals surface area contributed by atoms with E-state index < -0.39 is 0 Å². The Morgan fingerprint density at radius 1 is 1.22 bits per heavy atom. The highest BCUT2D eigenvalue weighted by atomic mass is 15.3. The number of nitrogens with two attached hydrogens (primary N) is 1. The number of likely N-dealkylation sites (tertiary alicyclic amines) is 1. The zero-order valence-corrected chi connectivity index (χ0v) is 12.6. The minimum absolute atomic E-state index is 0.350. The van der Waals surface area contributed by atoms with Crippen molar-refractivity contribution in [2.75, 3.05) is 13.1 Å². The monoisotopic (exact) mass is 252 g/mol. The molecule has 1 aliphatic heterocycles. The molecule has 1 aliphatic carbocycles. The summed E-state index contributed by atoms with van der Waals surface area (Å²) in [5.74, 6) is 1.79. The first-order valence-corrected chi connectivity index (χ1v) is 8.10. The SMILES string of the molecule is CCC1CCCN1C1(CN)CCC(C(C)C)CC1. The maximum absolute atomic E-state index is 6.21. The van der Waals surface area contributed by atoms with E-state index in [0.29, 0.717) is 5.54 Å². The Labute approximate surface area is 113 Å². The predicted octanol–water partition coefficient (Wildman–Crippen LogP) is 3.40. The van der Waals surface area contributed by atoms with Crippen LogP contribution in [0.25, 0.3) is 0 Å². The lowest BCUT2D eigenvalue weighted by Crippen LogP contribution is -2.57. The lowest BCUT2D eigenvalue weighted by atomic mass is 9.71. The first kappa shape index (κ1) is 14.3. The van der Waals surface area contributed by atoms with E-state index in [0.717, 1.165) is 24.4 Å². The Hall–Kier alpha value is -0.0800. The van der Waals surface area contributed by atoms with Crippen molar-refractivity contribution in [3.63, 3.8) is 0 Å². The topological polar surface area (TPSA) is 29.3 Å². The van der Waals surface area contributed by atoms with Crippen molar-refractivity contribution in [3.05, 3.63) is 0 Å². The maximum atomic E-state index is 6.21. The Bertz CT molecular complexity index is 254. The number of hydrogen-bond acceptors (Lipinski definition) is 2. The second kappa shape index (κ2) is 5.92. The Morgan fingerprint density at radius 3 is 2.39 bits per heavy atom. The molecule has 0 radical (unpaired) electrons. The first-order valence-electron chi connectivity index (χ1n) is 8.10. The van der Waals surface area contributed by atoms with Crippen LogP contribution >= 0.6 is 0 Å². The Balaban J connectivity index is 2.04. The molecular weight excluding hydrogens is 220 g/mol. The van der Waals surface area contributed by atoms with Gasteiger partial charge in [-0.25, -0.2) is 0 Å². The standard InChI is InChI=1S/C16H32N2/c1-4-15-6-5-11-18(15)16(12-17)9-7-14(8-10-16)13(2)3/h13-15H,4-12,17H2,1-3H3. The van der Waals surface area contributed by atoms with Crippen LogP contribution in [0.3, 0.4) is 0 Å². The molecule has 2 aliphatic rings. The zero-order chi connectivity index (χ0) is 13.2. The normalized spacial score (nSPS) is 38.5. The first-order chi connectivity index (χ1) is 8.63. The zero-order valence-electron chi connectivity index (χ0n) is 12.6. The predicted molar refractivity (Wildman–Crippen MR) is 78.6 cm³/mol. The molecule has 1 unspecified atom stereocenters. The second-order valence-corrected chi connectivity index (χ2v) is 6.91. The van der Waals surface area contributed by atoms with Gasteiger partial charge in [-0.15, -0.1) is 0 Å². The van der Waals surface area contributed by atoms with Crippen molar-refractivity contribution in [1.29, 1.82) is 0 Å². The van der Waals surface area contributed by atoms with E-state index in [2.05, 4.69) is 25.7 Å². The summed E-state index contributed by atoms with van der Waals surface area (Å²) >= 11 is 0. The molecule has 0 bridgehead atoms. The van der Waals surface area contributed by atoms with Gasteiger partial charge in [0.15, 0.2) is 0 Å². The van der Waals surface area contributed by atoms with E-state index in [9.17, 15) is 0 Å². The highest BCUT2D eigenvalue weighted by Gasteiger charge is 2.43. The fourth-order valence-electron chi connectivity index (χ4n) is 4.34. The van der Waals surface area contributed by atoms with Crippen LogP contribution in [0.15, 0.2) is 0 Å². The molecule has 2 rings (SSSR count). The lowest BCUT2D eigenvalue weighted by molar-refractivity contribution is 0.0240. The largest absolute Gasteiger partial charge is 0.329 e. The molecule has 18 heavy (non-hydrogen) atoms. The third-order valence-corrected chi connectivity index (χ3v) is 5.74. The molecule has 1 saturated carbocycles. The van der Waals surface area contributed by atoms with Crippen LogP contribution < -0.4 is 5.73 Å². The molecule has 0 aromatic carbocycles. The highest BCUT2D eigenvalue weighted by molar-refractivity contribution is 5.00. The van der Waals surface area contributed by atoms with Crippen LogP contribution in [0.5, 0.6) is 0 Å². The maximum Gasteiger partial charge on any atom is 0.0334 e. The molecule has 2 heteroatoms. The third-order valence-electron chi connectivity index (χ3n) is 5.74. The van der Waals surface area contributed by atoms with Gasteiger partial charge in [0.2, 0.25) is 0 Å². The summed E-state index contributed by atoms with van der Waals surface area (Å²) in [7, 11) is 0. The molecule has 1 heterocycles. The van der Waals surface area contributed by atoms with Crippen LogP contribution in [0.2, 0.25) is 0 Å². The summed E-state index contributed by atoms with van der Waals surface area (Å²) in [5.41, 5.74) is 6.56. The molecular formula is C16H32N2. The third kappa shape index (κ3) is 2.60. The summed E-state index contributed by atoms with van der Waals surface area (Å²) < 4.78 is 0. The van der Waals surface area contributed by atoms with E-state index in [1.807, 2.05) is 0 Å². The van der Waals surface area contributed by atoms with Gasteiger partial charge in [0, 0.05) is 18.1 Å². The van der Waals surface area contributed by atoms with Gasteiger partial charge in [0.25, 0.3) is 0 Å². The van der Waals surface area contributed by atoms with Crippen LogP contribution in [0.4, 0.5) is 0 Å². The fourth-order valence-corrected chi connectivity index (χ4v) is 4.34. The van der Waals surface area contributed by atoms with Gasteiger partial charge in [-0.1, -0.05) is 20.8 Å². The van der Waals surface area contributed by atoms with Crippen LogP contribution in [-0.2, 0) is 0 Å². The quantitative estimate of drug-likeness (QED) is 0.831. The number of rotatable bonds is 4. The molecule has 1 atom stereocenters. The van der Waals surface area contributed by atoms with Crippen molar-refractivity contribution < 1.29 is 0 Å². The fraction of sp³-hybridized carbons (Fsp3) is 1.00. The van der Waals surface area contributed by atoms with Gasteiger partial charge < -0.3 is 5.73 Å². The minimum atomic E-state index is 0.350. The molecule has 0 spiro atoms. The van der Waals surface area contributed by atoms with Crippen molar-refractivity contribution in [2.45, 2.75) is 77.3 Å². The van der Waals surface area contributed by atoms with E-state index >= 15 is 0 Å². The van der Waals surface area contributed by atoms with Crippen molar-refractivity contribution in [3.8, 4) is 0 Å².